The molecule has 0 aliphatic rings. The quantitative estimate of drug-likeness (QED) is 0.831. The molecule has 0 spiro atoms. The van der Waals surface area contributed by atoms with Crippen molar-refractivity contribution in [1.29, 1.82) is 0 Å². The fourth-order valence-electron chi connectivity index (χ4n) is 1.90. The van der Waals surface area contributed by atoms with Crippen molar-refractivity contribution in [2.45, 2.75) is 25.8 Å². The summed E-state index contributed by atoms with van der Waals surface area (Å²) in [5.41, 5.74) is 1.44. The Kier molecular flexibility index (Phi) is 5.22. The van der Waals surface area contributed by atoms with E-state index < -0.39 is 0 Å². The number of likely N-dealkylation sites (N-methyl/N-ethyl adjacent to an activating group) is 1. The number of hydrogen-bond donors (Lipinski definition) is 1. The van der Waals surface area contributed by atoms with Crippen LogP contribution in [0.15, 0.2) is 32.7 Å². The Bertz CT molecular complexity index is 436. The molecule has 0 amide bonds. The van der Waals surface area contributed by atoms with Crippen molar-refractivity contribution in [2.24, 2.45) is 0 Å². The van der Waals surface area contributed by atoms with Gasteiger partial charge in [0.1, 0.15) is 0 Å². The van der Waals surface area contributed by atoms with Gasteiger partial charge in [-0.15, -0.1) is 11.3 Å². The maximum atomic E-state index is 3.57. The number of thiophene rings is 2. The van der Waals surface area contributed by atoms with Gasteiger partial charge in [-0.1, -0.05) is 6.92 Å². The van der Waals surface area contributed by atoms with Crippen molar-refractivity contribution in [3.63, 3.8) is 0 Å². The fourth-order valence-corrected chi connectivity index (χ4v) is 4.15. The molecule has 1 nitrogen and oxygen atoms in total. The average molecular weight is 330 g/mol. The van der Waals surface area contributed by atoms with Crippen molar-refractivity contribution in [3.05, 3.63) is 43.2 Å². The van der Waals surface area contributed by atoms with Crippen LogP contribution in [0.2, 0.25) is 0 Å². The summed E-state index contributed by atoms with van der Waals surface area (Å²) in [5, 5.41) is 7.97. The Labute approximate surface area is 119 Å². The molecule has 0 saturated heterocycles. The zero-order valence-electron chi connectivity index (χ0n) is 9.78. The molecule has 2 aromatic rings. The summed E-state index contributed by atoms with van der Waals surface area (Å²) in [7, 11) is 0. The first-order chi connectivity index (χ1) is 8.28. The zero-order chi connectivity index (χ0) is 12.1. The Morgan fingerprint density at radius 1 is 1.29 bits per heavy atom. The van der Waals surface area contributed by atoms with Crippen LogP contribution < -0.4 is 5.32 Å². The van der Waals surface area contributed by atoms with Crippen LogP contribution in [-0.4, -0.2) is 12.6 Å². The summed E-state index contributed by atoms with van der Waals surface area (Å²) < 4.78 is 1.22. The minimum absolute atomic E-state index is 0.542. The van der Waals surface area contributed by atoms with Gasteiger partial charge in [0.05, 0.1) is 3.79 Å². The van der Waals surface area contributed by atoms with Gasteiger partial charge in [-0.25, -0.2) is 0 Å². The lowest BCUT2D eigenvalue weighted by atomic mass is 10.1. The summed E-state index contributed by atoms with van der Waals surface area (Å²) in [6.07, 6.45) is 2.23. The van der Waals surface area contributed by atoms with E-state index in [0.717, 1.165) is 19.4 Å². The lowest BCUT2D eigenvalue weighted by molar-refractivity contribution is 0.525. The van der Waals surface area contributed by atoms with E-state index in [9.17, 15) is 0 Å². The first-order valence-electron chi connectivity index (χ1n) is 5.76. The third kappa shape index (κ3) is 4.21. The number of halogens is 1. The average Bonchev–Trinajstić information content (AvgIpc) is 2.91. The van der Waals surface area contributed by atoms with Crippen molar-refractivity contribution in [2.75, 3.05) is 6.54 Å². The van der Waals surface area contributed by atoms with E-state index >= 15 is 0 Å². The summed E-state index contributed by atoms with van der Waals surface area (Å²) in [6, 6.07) is 7.11. The fraction of sp³-hybridized carbons (Fsp3) is 0.385. The van der Waals surface area contributed by atoms with Gasteiger partial charge in [0.25, 0.3) is 0 Å². The van der Waals surface area contributed by atoms with E-state index in [2.05, 4.69) is 57.1 Å². The number of hydrogen-bond acceptors (Lipinski definition) is 3. The molecule has 4 heteroatoms. The molecule has 0 aromatic carbocycles. The standard InChI is InChI=1S/C13H16BrNS2/c1-2-15-11(7-10-5-6-16-9-10)8-12-3-4-13(14)17-12/h3-6,9,11,15H,2,7-8H2,1H3. The molecule has 1 unspecified atom stereocenters. The van der Waals surface area contributed by atoms with Crippen LogP contribution in [0.5, 0.6) is 0 Å². The second-order valence-electron chi connectivity index (χ2n) is 4.00. The topological polar surface area (TPSA) is 12.0 Å². The van der Waals surface area contributed by atoms with Gasteiger partial charge in [-0.2, -0.15) is 11.3 Å². The van der Waals surface area contributed by atoms with Crippen molar-refractivity contribution < 1.29 is 0 Å². The highest BCUT2D eigenvalue weighted by molar-refractivity contribution is 9.11. The molecule has 2 aromatic heterocycles. The van der Waals surface area contributed by atoms with E-state index in [4.69, 9.17) is 0 Å². The third-order valence-corrected chi connectivity index (χ3v) is 5.01. The molecule has 0 radical (unpaired) electrons. The largest absolute Gasteiger partial charge is 0.314 e. The molecule has 0 bridgehead atoms. The smallest absolute Gasteiger partial charge is 0.0701 e. The Morgan fingerprint density at radius 2 is 2.18 bits per heavy atom. The van der Waals surface area contributed by atoms with Crippen LogP contribution in [-0.2, 0) is 12.8 Å². The molecular weight excluding hydrogens is 314 g/mol. The third-order valence-electron chi connectivity index (χ3n) is 2.63. The van der Waals surface area contributed by atoms with E-state index in [0.29, 0.717) is 6.04 Å². The molecule has 2 rings (SSSR count). The first kappa shape index (κ1) is 13.3. The molecule has 92 valence electrons. The highest BCUT2D eigenvalue weighted by atomic mass is 79.9. The van der Waals surface area contributed by atoms with Crippen LogP contribution >= 0.6 is 38.6 Å². The summed E-state index contributed by atoms with van der Waals surface area (Å²) in [5.74, 6) is 0. The first-order valence-corrected chi connectivity index (χ1v) is 8.32. The van der Waals surface area contributed by atoms with Crippen LogP contribution in [0, 0.1) is 0 Å². The summed E-state index contributed by atoms with van der Waals surface area (Å²) in [6.45, 7) is 3.20. The van der Waals surface area contributed by atoms with Crippen molar-refractivity contribution >= 4 is 38.6 Å². The van der Waals surface area contributed by atoms with E-state index in [1.807, 2.05) is 11.3 Å². The van der Waals surface area contributed by atoms with Crippen LogP contribution in [0.3, 0.4) is 0 Å². The van der Waals surface area contributed by atoms with Crippen LogP contribution in [0.25, 0.3) is 0 Å². The maximum absolute atomic E-state index is 3.57. The zero-order valence-corrected chi connectivity index (χ0v) is 13.0. The molecule has 0 fully saturated rings. The van der Waals surface area contributed by atoms with Crippen LogP contribution in [0.1, 0.15) is 17.4 Å². The normalized spacial score (nSPS) is 12.8. The minimum Gasteiger partial charge on any atom is -0.314 e. The second-order valence-corrected chi connectivity index (χ2v) is 7.33. The van der Waals surface area contributed by atoms with Crippen molar-refractivity contribution in [3.8, 4) is 0 Å². The SMILES string of the molecule is CCNC(Cc1ccsc1)Cc1ccc(Br)s1. The van der Waals surface area contributed by atoms with Gasteiger partial charge in [0.2, 0.25) is 0 Å². The molecule has 0 aliphatic carbocycles. The van der Waals surface area contributed by atoms with E-state index in [1.54, 1.807) is 11.3 Å². The molecule has 17 heavy (non-hydrogen) atoms. The summed E-state index contributed by atoms with van der Waals surface area (Å²) in [4.78, 5) is 1.44. The number of nitrogens with one attached hydrogen (secondary N) is 1. The van der Waals surface area contributed by atoms with E-state index in [-0.39, 0.29) is 0 Å². The van der Waals surface area contributed by atoms with Gasteiger partial charge >= 0.3 is 0 Å². The van der Waals surface area contributed by atoms with Gasteiger partial charge in [-0.3, -0.25) is 0 Å². The Morgan fingerprint density at radius 3 is 2.76 bits per heavy atom. The minimum atomic E-state index is 0.542. The summed E-state index contributed by atoms with van der Waals surface area (Å²) >= 11 is 7.13. The predicted octanol–water partition coefficient (Wildman–Crippen LogP) is 4.34. The van der Waals surface area contributed by atoms with Crippen molar-refractivity contribution in [1.82, 2.24) is 5.32 Å². The second kappa shape index (κ2) is 6.69. The van der Waals surface area contributed by atoms with Gasteiger partial charge in [-0.05, 0) is 69.8 Å². The molecule has 2 heterocycles. The maximum Gasteiger partial charge on any atom is 0.0701 e. The molecular formula is C13H16BrNS2. The lowest BCUT2D eigenvalue weighted by Crippen LogP contribution is -2.32. The molecule has 0 aliphatic heterocycles. The highest BCUT2D eigenvalue weighted by Crippen LogP contribution is 2.24. The van der Waals surface area contributed by atoms with Gasteiger partial charge in [0, 0.05) is 10.9 Å². The lowest BCUT2D eigenvalue weighted by Gasteiger charge is -2.16. The Hall–Kier alpha value is -0.160. The Balaban J connectivity index is 1.97. The molecule has 0 saturated carbocycles. The van der Waals surface area contributed by atoms with Gasteiger partial charge in [0.15, 0.2) is 0 Å². The van der Waals surface area contributed by atoms with Crippen LogP contribution in [0.4, 0.5) is 0 Å². The number of rotatable bonds is 6. The predicted molar refractivity (Wildman–Crippen MR) is 81.2 cm³/mol. The molecule has 1 N–H and O–H groups in total. The van der Waals surface area contributed by atoms with E-state index in [1.165, 1.54) is 14.2 Å². The van der Waals surface area contributed by atoms with Gasteiger partial charge < -0.3 is 5.32 Å². The monoisotopic (exact) mass is 329 g/mol. The highest BCUT2D eigenvalue weighted by Gasteiger charge is 2.11. The molecule has 1 atom stereocenters.